The number of benzene rings is 1. The van der Waals surface area contributed by atoms with Gasteiger partial charge < -0.3 is 10.2 Å². The fourth-order valence-corrected chi connectivity index (χ4v) is 2.26. The number of aromatic nitrogens is 2. The Bertz CT molecular complexity index is 824. The van der Waals surface area contributed by atoms with E-state index in [1.54, 1.807) is 30.3 Å². The van der Waals surface area contributed by atoms with Crippen LogP contribution in [0.5, 0.6) is 0 Å². The number of hydrogen-bond donors (Lipinski definition) is 1. The molecule has 1 aromatic carbocycles. The Labute approximate surface area is 127 Å². The minimum absolute atomic E-state index is 0.0489. The van der Waals surface area contributed by atoms with Crippen LogP contribution >= 0.6 is 15.9 Å². The van der Waals surface area contributed by atoms with Gasteiger partial charge in [-0.3, -0.25) is 10.1 Å². The lowest BCUT2D eigenvalue weighted by molar-refractivity contribution is -0.384. The summed E-state index contributed by atoms with van der Waals surface area (Å²) in [5.41, 5.74) is 7.01. The zero-order chi connectivity index (χ0) is 15.0. The lowest BCUT2D eigenvalue weighted by atomic mass is 10.3. The van der Waals surface area contributed by atoms with Crippen LogP contribution in [0.1, 0.15) is 0 Å². The van der Waals surface area contributed by atoms with Gasteiger partial charge in [0.25, 0.3) is 5.69 Å². The molecule has 0 aliphatic heterocycles. The summed E-state index contributed by atoms with van der Waals surface area (Å²) in [5.74, 6) is 0.483. The molecule has 8 heteroatoms. The van der Waals surface area contributed by atoms with Gasteiger partial charge in [0.15, 0.2) is 16.1 Å². The molecule has 0 saturated carbocycles. The second kappa shape index (κ2) is 5.06. The number of nitrogens with zero attached hydrogens (tertiary/aromatic N) is 3. The van der Waals surface area contributed by atoms with Crippen LogP contribution < -0.4 is 5.73 Å². The molecular formula is C13H9BrN4O3. The van der Waals surface area contributed by atoms with Crippen LogP contribution in [0.15, 0.2) is 51.7 Å². The van der Waals surface area contributed by atoms with Crippen molar-refractivity contribution in [3.05, 3.63) is 57.4 Å². The fourth-order valence-electron chi connectivity index (χ4n) is 1.96. The molecule has 0 atom stereocenters. The quantitative estimate of drug-likeness (QED) is 0.577. The molecule has 3 aromatic rings. The topological polar surface area (TPSA) is 100 Å². The Morgan fingerprint density at radius 1 is 1.29 bits per heavy atom. The molecule has 0 bridgehead atoms. The van der Waals surface area contributed by atoms with E-state index in [0.29, 0.717) is 27.5 Å². The zero-order valence-electron chi connectivity index (χ0n) is 10.6. The van der Waals surface area contributed by atoms with Gasteiger partial charge in [-0.25, -0.2) is 4.68 Å². The van der Waals surface area contributed by atoms with Crippen LogP contribution in [0.2, 0.25) is 0 Å². The van der Waals surface area contributed by atoms with Crippen molar-refractivity contribution in [2.45, 2.75) is 0 Å². The van der Waals surface area contributed by atoms with Gasteiger partial charge in [-0.2, -0.15) is 5.10 Å². The normalized spacial score (nSPS) is 10.7. The van der Waals surface area contributed by atoms with Crippen LogP contribution in [-0.4, -0.2) is 14.7 Å². The van der Waals surface area contributed by atoms with Gasteiger partial charge in [-0.05, 0) is 34.1 Å². The lowest BCUT2D eigenvalue weighted by Gasteiger charge is -2.01. The molecule has 106 valence electrons. The smallest absolute Gasteiger partial charge is 0.294 e. The third-order valence-electron chi connectivity index (χ3n) is 2.87. The molecule has 0 amide bonds. The zero-order valence-corrected chi connectivity index (χ0v) is 12.1. The van der Waals surface area contributed by atoms with Gasteiger partial charge in [-0.15, -0.1) is 0 Å². The Morgan fingerprint density at radius 2 is 2.05 bits per heavy atom. The molecule has 0 saturated heterocycles. The van der Waals surface area contributed by atoms with Gasteiger partial charge >= 0.3 is 0 Å². The SMILES string of the molecule is Nc1cn(-c2ccccc2[N+](=O)[O-])nc1-c1ccc(Br)o1. The first-order valence-corrected chi connectivity index (χ1v) is 6.70. The Hall–Kier alpha value is -2.61. The maximum absolute atomic E-state index is 11.1. The molecule has 0 radical (unpaired) electrons. The molecule has 2 aromatic heterocycles. The first kappa shape index (κ1) is 13.4. The number of rotatable bonds is 3. The van der Waals surface area contributed by atoms with Crippen LogP contribution in [0.25, 0.3) is 17.1 Å². The molecule has 0 spiro atoms. The van der Waals surface area contributed by atoms with Crippen molar-refractivity contribution in [3.8, 4) is 17.1 Å². The van der Waals surface area contributed by atoms with E-state index in [4.69, 9.17) is 10.2 Å². The van der Waals surface area contributed by atoms with E-state index in [1.807, 2.05) is 0 Å². The van der Waals surface area contributed by atoms with Crippen LogP contribution in [0.4, 0.5) is 11.4 Å². The summed E-state index contributed by atoms with van der Waals surface area (Å²) in [7, 11) is 0. The molecule has 7 nitrogen and oxygen atoms in total. The predicted octanol–water partition coefficient (Wildman–Crippen LogP) is 3.39. The fraction of sp³-hybridized carbons (Fsp3) is 0. The van der Waals surface area contributed by atoms with Gasteiger partial charge in [-0.1, -0.05) is 12.1 Å². The van der Waals surface area contributed by atoms with E-state index in [1.165, 1.54) is 16.9 Å². The highest BCUT2D eigenvalue weighted by Crippen LogP contribution is 2.30. The lowest BCUT2D eigenvalue weighted by Crippen LogP contribution is -2.00. The number of furan rings is 1. The molecular weight excluding hydrogens is 340 g/mol. The third-order valence-corrected chi connectivity index (χ3v) is 3.30. The molecule has 2 N–H and O–H groups in total. The average Bonchev–Trinajstić information content (AvgIpc) is 3.04. The van der Waals surface area contributed by atoms with Crippen molar-refractivity contribution in [2.24, 2.45) is 0 Å². The summed E-state index contributed by atoms with van der Waals surface area (Å²) in [6.07, 6.45) is 1.52. The molecule has 21 heavy (non-hydrogen) atoms. The van der Waals surface area contributed by atoms with E-state index >= 15 is 0 Å². The van der Waals surface area contributed by atoms with Crippen molar-refractivity contribution in [3.63, 3.8) is 0 Å². The minimum atomic E-state index is -0.462. The Morgan fingerprint density at radius 3 is 2.71 bits per heavy atom. The summed E-state index contributed by atoms with van der Waals surface area (Å²) in [5, 5.41) is 15.3. The van der Waals surface area contributed by atoms with E-state index < -0.39 is 4.92 Å². The number of nitrogen functional groups attached to an aromatic ring is 1. The van der Waals surface area contributed by atoms with E-state index in [9.17, 15) is 10.1 Å². The van der Waals surface area contributed by atoms with Crippen molar-refractivity contribution < 1.29 is 9.34 Å². The van der Waals surface area contributed by atoms with E-state index in [2.05, 4.69) is 21.0 Å². The molecule has 0 aliphatic rings. The molecule has 0 unspecified atom stereocenters. The maximum atomic E-state index is 11.1. The minimum Gasteiger partial charge on any atom is -0.448 e. The average molecular weight is 349 g/mol. The second-order valence-electron chi connectivity index (χ2n) is 4.23. The first-order chi connectivity index (χ1) is 10.1. The van der Waals surface area contributed by atoms with Crippen LogP contribution in [0.3, 0.4) is 0 Å². The van der Waals surface area contributed by atoms with Gasteiger partial charge in [0.05, 0.1) is 16.8 Å². The van der Waals surface area contributed by atoms with Gasteiger partial charge in [0.2, 0.25) is 0 Å². The Kier molecular flexibility index (Phi) is 3.22. The summed E-state index contributed by atoms with van der Waals surface area (Å²) in [4.78, 5) is 10.6. The first-order valence-electron chi connectivity index (χ1n) is 5.91. The van der Waals surface area contributed by atoms with Crippen LogP contribution in [-0.2, 0) is 0 Å². The summed E-state index contributed by atoms with van der Waals surface area (Å²) < 4.78 is 7.33. The van der Waals surface area contributed by atoms with Gasteiger partial charge in [0, 0.05) is 6.07 Å². The van der Waals surface area contributed by atoms with E-state index in [-0.39, 0.29) is 5.69 Å². The standard InChI is InChI=1S/C13H9BrN4O3/c14-12-6-5-11(21-12)13-8(15)7-17(16-13)9-3-1-2-4-10(9)18(19)20/h1-7H,15H2. The van der Waals surface area contributed by atoms with Crippen molar-refractivity contribution in [1.82, 2.24) is 9.78 Å². The third kappa shape index (κ3) is 2.40. The van der Waals surface area contributed by atoms with Crippen LogP contribution in [0, 0.1) is 10.1 Å². The van der Waals surface area contributed by atoms with Gasteiger partial charge in [0.1, 0.15) is 5.69 Å². The number of hydrogen-bond acceptors (Lipinski definition) is 5. The maximum Gasteiger partial charge on any atom is 0.294 e. The number of anilines is 1. The molecule has 3 rings (SSSR count). The molecule has 2 heterocycles. The highest BCUT2D eigenvalue weighted by Gasteiger charge is 2.18. The largest absolute Gasteiger partial charge is 0.448 e. The number of halogens is 1. The van der Waals surface area contributed by atoms with Crippen molar-refractivity contribution in [1.29, 1.82) is 0 Å². The second-order valence-corrected chi connectivity index (χ2v) is 5.01. The monoisotopic (exact) mass is 348 g/mol. The molecule has 0 fully saturated rings. The Balaban J connectivity index is 2.12. The molecule has 0 aliphatic carbocycles. The summed E-state index contributed by atoms with van der Waals surface area (Å²) >= 11 is 3.21. The number of para-hydroxylation sites is 2. The summed E-state index contributed by atoms with van der Waals surface area (Å²) in [6.45, 7) is 0. The van der Waals surface area contributed by atoms with Crippen molar-refractivity contribution in [2.75, 3.05) is 5.73 Å². The number of nitro benzene ring substituents is 1. The number of nitrogens with two attached hydrogens (primary N) is 1. The predicted molar refractivity (Wildman–Crippen MR) is 80.0 cm³/mol. The van der Waals surface area contributed by atoms with E-state index in [0.717, 1.165) is 0 Å². The number of nitro groups is 1. The highest BCUT2D eigenvalue weighted by atomic mass is 79.9. The summed E-state index contributed by atoms with van der Waals surface area (Å²) in [6, 6.07) is 9.75. The highest BCUT2D eigenvalue weighted by molar-refractivity contribution is 9.10. The van der Waals surface area contributed by atoms with Crippen molar-refractivity contribution >= 4 is 27.3 Å².